The van der Waals surface area contributed by atoms with Gasteiger partial charge < -0.3 is 15.8 Å². The highest BCUT2D eigenvalue weighted by Crippen LogP contribution is 2.50. The van der Waals surface area contributed by atoms with E-state index in [-0.39, 0.29) is 24.4 Å². The van der Waals surface area contributed by atoms with Crippen LogP contribution >= 0.6 is 23.7 Å². The van der Waals surface area contributed by atoms with Crippen LogP contribution in [0.2, 0.25) is 0 Å². The average Bonchev–Trinajstić information content (AvgIpc) is 3.02. The Bertz CT molecular complexity index is 750. The van der Waals surface area contributed by atoms with Crippen molar-refractivity contribution < 1.29 is 9.53 Å². The molecule has 1 saturated carbocycles. The largest absolute Gasteiger partial charge is 0.378 e. The minimum atomic E-state index is -0.932. The van der Waals surface area contributed by atoms with Gasteiger partial charge in [0.15, 0.2) is 5.13 Å². The van der Waals surface area contributed by atoms with E-state index in [1.165, 1.54) is 16.9 Å². The van der Waals surface area contributed by atoms with E-state index in [9.17, 15) is 4.79 Å². The quantitative estimate of drug-likeness (QED) is 0.782. The zero-order valence-electron chi connectivity index (χ0n) is 15.3. The molecule has 5 nitrogen and oxygen atoms in total. The van der Waals surface area contributed by atoms with E-state index in [0.717, 1.165) is 11.3 Å². The Morgan fingerprint density at radius 3 is 2.69 bits per heavy atom. The number of rotatable bonds is 6. The molecule has 0 radical (unpaired) electrons. The lowest BCUT2D eigenvalue weighted by Crippen LogP contribution is -2.74. The number of aromatic nitrogens is 1. The van der Waals surface area contributed by atoms with Gasteiger partial charge in [-0.25, -0.2) is 4.98 Å². The summed E-state index contributed by atoms with van der Waals surface area (Å²) < 4.78 is 5.69. The van der Waals surface area contributed by atoms with Crippen LogP contribution in [-0.2, 0) is 16.0 Å². The van der Waals surface area contributed by atoms with Crippen LogP contribution in [0.3, 0.4) is 0 Å². The molecule has 0 bridgehead atoms. The van der Waals surface area contributed by atoms with Gasteiger partial charge >= 0.3 is 0 Å². The fraction of sp³-hybridized carbons (Fsp3) is 0.474. The first-order valence-electron chi connectivity index (χ1n) is 8.57. The molecule has 1 heterocycles. The summed E-state index contributed by atoms with van der Waals surface area (Å²) >= 11 is 1.49. The van der Waals surface area contributed by atoms with Crippen molar-refractivity contribution >= 4 is 34.8 Å². The van der Waals surface area contributed by atoms with Crippen molar-refractivity contribution in [3.63, 3.8) is 0 Å². The zero-order valence-corrected chi connectivity index (χ0v) is 17.0. The van der Waals surface area contributed by atoms with E-state index in [1.807, 2.05) is 45.2 Å². The van der Waals surface area contributed by atoms with Crippen molar-refractivity contribution in [1.82, 2.24) is 4.98 Å². The number of hydrogen-bond donors (Lipinski definition) is 2. The Hall–Kier alpha value is -1.47. The molecule has 1 aliphatic carbocycles. The molecule has 3 rings (SSSR count). The first kappa shape index (κ1) is 20.8. The minimum Gasteiger partial charge on any atom is -0.378 e. The number of benzene rings is 1. The summed E-state index contributed by atoms with van der Waals surface area (Å²) in [5.41, 5.74) is 6.29. The molecule has 7 heteroatoms. The molecule has 1 aromatic heterocycles. The maximum absolute atomic E-state index is 12.7. The summed E-state index contributed by atoms with van der Waals surface area (Å²) in [5, 5.41) is 3.49. The van der Waals surface area contributed by atoms with Crippen LogP contribution in [-0.4, -0.2) is 29.1 Å². The van der Waals surface area contributed by atoms with E-state index in [0.29, 0.717) is 18.2 Å². The number of thiazole rings is 1. The van der Waals surface area contributed by atoms with Gasteiger partial charge in [0.25, 0.3) is 0 Å². The third-order valence-electron chi connectivity index (χ3n) is 5.23. The first-order chi connectivity index (χ1) is 11.9. The molecule has 1 aliphatic rings. The summed E-state index contributed by atoms with van der Waals surface area (Å²) in [5.74, 6) is -0.186. The van der Waals surface area contributed by atoms with Crippen molar-refractivity contribution in [3.05, 3.63) is 47.0 Å². The number of anilines is 1. The topological polar surface area (TPSA) is 77.2 Å². The van der Waals surface area contributed by atoms with Crippen LogP contribution < -0.4 is 11.1 Å². The number of ether oxygens (including phenoxy) is 1. The lowest BCUT2D eigenvalue weighted by molar-refractivity contribution is -0.166. The Morgan fingerprint density at radius 2 is 2.08 bits per heavy atom. The number of nitrogens with two attached hydrogens (primary N) is 1. The maximum Gasteiger partial charge on any atom is 0.246 e. The molecule has 2 aromatic rings. The highest BCUT2D eigenvalue weighted by atomic mass is 35.5. The molecular weight excluding hydrogens is 370 g/mol. The van der Waals surface area contributed by atoms with Crippen molar-refractivity contribution in [1.29, 1.82) is 0 Å². The van der Waals surface area contributed by atoms with Crippen molar-refractivity contribution in [2.24, 2.45) is 11.1 Å². The number of nitrogens with one attached hydrogen (secondary N) is 1. The lowest BCUT2D eigenvalue weighted by atomic mass is 9.54. The first-order valence-corrected chi connectivity index (χ1v) is 9.39. The summed E-state index contributed by atoms with van der Waals surface area (Å²) in [6.45, 7) is 6.55. The highest BCUT2D eigenvalue weighted by Gasteiger charge is 2.62. The molecule has 0 saturated heterocycles. The molecule has 1 fully saturated rings. The Balaban J connectivity index is 0.00000243. The maximum atomic E-state index is 12.7. The molecule has 0 spiro atoms. The molecule has 26 heavy (non-hydrogen) atoms. The predicted molar refractivity (Wildman–Crippen MR) is 108 cm³/mol. The van der Waals surface area contributed by atoms with Gasteiger partial charge in [0, 0.05) is 35.9 Å². The summed E-state index contributed by atoms with van der Waals surface area (Å²) in [6.07, 6.45) is 3.16. The van der Waals surface area contributed by atoms with Crippen molar-refractivity contribution in [2.45, 2.75) is 45.3 Å². The molecular formula is C19H26ClN3O2S. The monoisotopic (exact) mass is 395 g/mol. The lowest BCUT2D eigenvalue weighted by Gasteiger charge is -2.57. The second kappa shape index (κ2) is 8.05. The van der Waals surface area contributed by atoms with Crippen LogP contribution in [0.15, 0.2) is 36.5 Å². The number of carbonyl (C=O) groups excluding carboxylic acids is 1. The third kappa shape index (κ3) is 3.78. The fourth-order valence-corrected chi connectivity index (χ4v) is 4.12. The van der Waals surface area contributed by atoms with Gasteiger partial charge in [0.1, 0.15) is 5.54 Å². The molecule has 1 aromatic carbocycles. The van der Waals surface area contributed by atoms with E-state index in [1.54, 1.807) is 0 Å². The van der Waals surface area contributed by atoms with Crippen LogP contribution in [0.25, 0.3) is 0 Å². The Morgan fingerprint density at radius 1 is 1.38 bits per heavy atom. The fourth-order valence-electron chi connectivity index (χ4n) is 3.27. The molecule has 1 amide bonds. The molecule has 2 unspecified atom stereocenters. The predicted octanol–water partition coefficient (Wildman–Crippen LogP) is 3.63. The summed E-state index contributed by atoms with van der Waals surface area (Å²) in [7, 11) is 0. The zero-order chi connectivity index (χ0) is 18.1. The normalized spacial score (nSPS) is 23.6. The van der Waals surface area contributed by atoms with Gasteiger partial charge in [-0.05, 0) is 12.5 Å². The van der Waals surface area contributed by atoms with Crippen LogP contribution in [0.5, 0.6) is 0 Å². The van der Waals surface area contributed by atoms with Crippen LogP contribution in [0.4, 0.5) is 5.13 Å². The van der Waals surface area contributed by atoms with Gasteiger partial charge in [-0.1, -0.05) is 44.2 Å². The summed E-state index contributed by atoms with van der Waals surface area (Å²) in [4.78, 5) is 18.2. The second-order valence-electron chi connectivity index (χ2n) is 7.09. The summed E-state index contributed by atoms with van der Waals surface area (Å²) in [6, 6.07) is 10.2. The van der Waals surface area contributed by atoms with Crippen molar-refractivity contribution in [3.8, 4) is 0 Å². The van der Waals surface area contributed by atoms with Crippen LogP contribution in [0.1, 0.15) is 37.6 Å². The second-order valence-corrected chi connectivity index (χ2v) is 8.20. The van der Waals surface area contributed by atoms with Crippen LogP contribution in [0, 0.1) is 5.41 Å². The average molecular weight is 396 g/mol. The number of hydrogen-bond acceptors (Lipinski definition) is 5. The van der Waals surface area contributed by atoms with Gasteiger partial charge in [-0.2, -0.15) is 0 Å². The minimum absolute atomic E-state index is 0. The number of amides is 1. The number of carbonyl (C=O) groups is 1. The van der Waals surface area contributed by atoms with E-state index >= 15 is 0 Å². The Labute approximate surface area is 164 Å². The SMILES string of the molecule is CCOC1CC(N)(C(=O)Nc2ncc(Cc3ccccc3)s2)C1(C)C.Cl. The molecule has 0 aliphatic heterocycles. The Kier molecular flexibility index (Phi) is 6.45. The van der Waals surface area contributed by atoms with Gasteiger partial charge in [0.05, 0.1) is 6.10 Å². The van der Waals surface area contributed by atoms with E-state index in [2.05, 4.69) is 22.4 Å². The smallest absolute Gasteiger partial charge is 0.246 e. The van der Waals surface area contributed by atoms with Gasteiger partial charge in [-0.3, -0.25) is 4.79 Å². The standard InChI is InChI=1S/C19H25N3O2S.ClH/c1-4-24-15-11-19(20,18(15,2)3)16(23)22-17-21-12-14(25-17)10-13-8-6-5-7-9-13;/h5-9,12,15H,4,10-11,20H2,1-3H3,(H,21,22,23);1H. The number of halogens is 1. The van der Waals surface area contributed by atoms with Gasteiger partial charge in [0.2, 0.25) is 5.91 Å². The van der Waals surface area contributed by atoms with Gasteiger partial charge in [-0.15, -0.1) is 23.7 Å². The molecule has 3 N–H and O–H groups in total. The molecule has 142 valence electrons. The van der Waals surface area contributed by atoms with E-state index in [4.69, 9.17) is 10.5 Å². The van der Waals surface area contributed by atoms with E-state index < -0.39 is 11.0 Å². The third-order valence-corrected chi connectivity index (χ3v) is 6.14. The highest BCUT2D eigenvalue weighted by molar-refractivity contribution is 7.15. The molecule has 2 atom stereocenters. The number of nitrogens with zero attached hydrogens (tertiary/aromatic N) is 1. The van der Waals surface area contributed by atoms with Crippen molar-refractivity contribution in [2.75, 3.05) is 11.9 Å².